The van der Waals surface area contributed by atoms with Crippen LogP contribution in [0.1, 0.15) is 54.9 Å². The summed E-state index contributed by atoms with van der Waals surface area (Å²) in [4.78, 5) is 14.8. The van der Waals surface area contributed by atoms with Gasteiger partial charge < -0.3 is 0 Å². The van der Waals surface area contributed by atoms with Gasteiger partial charge in [-0.2, -0.15) is 0 Å². The van der Waals surface area contributed by atoms with Crippen molar-refractivity contribution in [3.8, 4) is 0 Å². The van der Waals surface area contributed by atoms with Crippen molar-refractivity contribution in [1.82, 2.24) is 4.90 Å². The van der Waals surface area contributed by atoms with E-state index >= 15 is 0 Å². The maximum atomic E-state index is 13.5. The molecular weight excluding hydrogens is 319 g/mol. The molecule has 1 unspecified atom stereocenters. The van der Waals surface area contributed by atoms with Gasteiger partial charge in [-0.25, -0.2) is 4.76 Å². The van der Waals surface area contributed by atoms with Gasteiger partial charge in [0.2, 0.25) is 7.29 Å². The van der Waals surface area contributed by atoms with Crippen LogP contribution in [0.25, 0.3) is 0 Å². The minimum absolute atomic E-state index is 0.118. The lowest BCUT2D eigenvalue weighted by molar-refractivity contribution is 0.0756. The Balaban J connectivity index is 1.96. The van der Waals surface area contributed by atoms with Crippen LogP contribution in [-0.4, -0.2) is 28.1 Å². The highest BCUT2D eigenvalue weighted by Gasteiger charge is 2.62. The zero-order valence-electron chi connectivity index (χ0n) is 12.5. The molecule has 4 nitrogen and oxygen atoms in total. The highest BCUT2D eigenvalue weighted by molar-refractivity contribution is 7.65. The van der Waals surface area contributed by atoms with E-state index in [1.54, 1.807) is 11.0 Å². The number of halogens is 1. The fraction of sp³-hybridized carbons (Fsp3) is 0.500. The van der Waals surface area contributed by atoms with Crippen LogP contribution in [0.5, 0.6) is 0 Å². The Bertz CT molecular complexity index is 753. The predicted molar refractivity (Wildman–Crippen MR) is 88.1 cm³/mol. The van der Waals surface area contributed by atoms with Crippen LogP contribution >= 0.6 is 18.9 Å². The molecule has 1 amide bonds. The van der Waals surface area contributed by atoms with Crippen LogP contribution in [-0.2, 0) is 4.57 Å². The minimum Gasteiger partial charge on any atom is -0.296 e. The van der Waals surface area contributed by atoms with E-state index in [4.69, 9.17) is 11.6 Å². The Morgan fingerprint density at radius 3 is 2.73 bits per heavy atom. The van der Waals surface area contributed by atoms with Crippen molar-refractivity contribution in [2.75, 3.05) is 6.16 Å². The lowest BCUT2D eigenvalue weighted by atomic mass is 9.93. The van der Waals surface area contributed by atoms with Gasteiger partial charge in [-0.05, 0) is 18.9 Å². The van der Waals surface area contributed by atoms with E-state index in [1.165, 1.54) is 0 Å². The van der Waals surface area contributed by atoms with Crippen molar-refractivity contribution in [3.05, 3.63) is 34.3 Å². The average Bonchev–Trinajstić information content (AvgIpc) is 2.94. The molecule has 1 aliphatic carbocycles. The molecule has 6 heteroatoms. The molecule has 0 saturated heterocycles. The van der Waals surface area contributed by atoms with E-state index in [9.17, 15) is 9.36 Å². The largest absolute Gasteiger partial charge is 0.296 e. The van der Waals surface area contributed by atoms with E-state index < -0.39 is 12.6 Å². The first kappa shape index (κ1) is 14.5. The lowest BCUT2D eigenvalue weighted by Gasteiger charge is -2.42. The fourth-order valence-electron chi connectivity index (χ4n) is 4.20. The molecule has 0 N–H and O–H groups in total. The molecule has 116 valence electrons. The minimum atomic E-state index is -2.79. The standard InChI is InChI=1S/C16H18ClN2O2P/c1-2-22(21)16(9-4-3-5-10-16)19-14(18-22)11-7-6-8-12(17)13(11)15(19)20/h6-8H,2-5,9-10H2,1H3. The van der Waals surface area contributed by atoms with Gasteiger partial charge in [0.15, 0.2) is 0 Å². The summed E-state index contributed by atoms with van der Waals surface area (Å²) in [6.07, 6.45) is 5.21. The Labute approximate surface area is 135 Å². The molecule has 1 aromatic rings. The van der Waals surface area contributed by atoms with Crippen molar-refractivity contribution in [3.63, 3.8) is 0 Å². The third-order valence-electron chi connectivity index (χ3n) is 5.29. The van der Waals surface area contributed by atoms with E-state index in [2.05, 4.69) is 4.76 Å². The second-order valence-corrected chi connectivity index (χ2v) is 9.76. The van der Waals surface area contributed by atoms with Gasteiger partial charge in [-0.15, -0.1) is 0 Å². The SMILES string of the molecule is CCP1(=O)N=C2c3cccc(Cl)c3C(=O)N2C12CCCCC2. The summed E-state index contributed by atoms with van der Waals surface area (Å²) < 4.78 is 18.2. The number of benzene rings is 1. The Hall–Kier alpha value is -1.12. The van der Waals surface area contributed by atoms with Gasteiger partial charge in [0.25, 0.3) is 5.91 Å². The smallest absolute Gasteiger partial charge is 0.262 e. The number of nitrogens with zero attached hydrogens (tertiary/aromatic N) is 2. The number of amidine groups is 1. The summed E-state index contributed by atoms with van der Waals surface area (Å²) >= 11 is 6.24. The topological polar surface area (TPSA) is 49.7 Å². The van der Waals surface area contributed by atoms with Gasteiger partial charge in [-0.1, -0.05) is 49.9 Å². The third kappa shape index (κ3) is 1.58. The van der Waals surface area contributed by atoms with Crippen molar-refractivity contribution < 1.29 is 9.36 Å². The summed E-state index contributed by atoms with van der Waals surface area (Å²) in [5.41, 5.74) is 1.27. The van der Waals surface area contributed by atoms with Crippen LogP contribution in [0.3, 0.4) is 0 Å². The molecule has 1 aromatic carbocycles. The molecule has 0 radical (unpaired) electrons. The van der Waals surface area contributed by atoms with Crippen molar-refractivity contribution in [1.29, 1.82) is 0 Å². The van der Waals surface area contributed by atoms with Gasteiger partial charge >= 0.3 is 0 Å². The summed E-state index contributed by atoms with van der Waals surface area (Å²) in [6, 6.07) is 5.41. The first-order chi connectivity index (χ1) is 10.5. The molecule has 1 fully saturated rings. The second kappa shape index (κ2) is 4.69. The zero-order valence-corrected chi connectivity index (χ0v) is 14.2. The molecular formula is C16H18ClN2O2P. The molecule has 0 bridgehead atoms. The molecule has 3 aliphatic rings. The Morgan fingerprint density at radius 1 is 1.32 bits per heavy atom. The molecule has 1 atom stereocenters. The number of hydrogen-bond donors (Lipinski definition) is 0. The van der Waals surface area contributed by atoms with Crippen LogP contribution < -0.4 is 0 Å². The maximum absolute atomic E-state index is 13.5. The molecule has 0 aromatic heterocycles. The quantitative estimate of drug-likeness (QED) is 0.708. The number of amides is 1. The monoisotopic (exact) mass is 336 g/mol. The summed E-state index contributed by atoms with van der Waals surface area (Å²) in [5, 5.41) is -0.147. The van der Waals surface area contributed by atoms with Crippen molar-refractivity contribution in [2.24, 2.45) is 4.76 Å². The molecule has 2 heterocycles. The molecule has 2 aliphatic heterocycles. The van der Waals surface area contributed by atoms with Gasteiger partial charge in [0.05, 0.1) is 10.6 Å². The first-order valence-electron chi connectivity index (χ1n) is 7.87. The van der Waals surface area contributed by atoms with Crippen LogP contribution in [0.15, 0.2) is 23.0 Å². The van der Waals surface area contributed by atoms with E-state index in [0.717, 1.165) is 37.7 Å². The van der Waals surface area contributed by atoms with Crippen molar-refractivity contribution in [2.45, 2.75) is 44.3 Å². The highest BCUT2D eigenvalue weighted by Crippen LogP contribution is 2.70. The van der Waals surface area contributed by atoms with Crippen LogP contribution in [0, 0.1) is 0 Å². The Kier molecular flexibility index (Phi) is 3.08. The van der Waals surface area contributed by atoms with Crippen LogP contribution in [0.4, 0.5) is 0 Å². The van der Waals surface area contributed by atoms with E-state index in [1.807, 2.05) is 19.1 Å². The normalized spacial score (nSPS) is 28.7. The fourth-order valence-corrected chi connectivity index (χ4v) is 7.39. The molecule has 22 heavy (non-hydrogen) atoms. The van der Waals surface area contributed by atoms with Crippen molar-refractivity contribution >= 4 is 30.6 Å². The maximum Gasteiger partial charge on any atom is 0.262 e. The zero-order chi connectivity index (χ0) is 15.5. The summed E-state index contributed by atoms with van der Waals surface area (Å²) in [5.74, 6) is 0.474. The molecule has 1 spiro atoms. The lowest BCUT2D eigenvalue weighted by Crippen LogP contribution is -2.49. The summed E-state index contributed by atoms with van der Waals surface area (Å²) in [6.45, 7) is 1.92. The number of fused-ring (bicyclic) bond motifs is 4. The third-order valence-corrected chi connectivity index (χ3v) is 8.92. The first-order valence-corrected chi connectivity index (χ1v) is 10.1. The number of carbonyl (C=O) groups excluding carboxylic acids is 1. The number of hydrogen-bond acceptors (Lipinski definition) is 2. The van der Waals surface area contributed by atoms with E-state index in [0.29, 0.717) is 22.6 Å². The summed E-state index contributed by atoms with van der Waals surface area (Å²) in [7, 11) is -2.79. The predicted octanol–water partition coefficient (Wildman–Crippen LogP) is 4.51. The highest BCUT2D eigenvalue weighted by atomic mass is 35.5. The number of carbonyl (C=O) groups is 1. The molecule has 4 rings (SSSR count). The van der Waals surface area contributed by atoms with Crippen LogP contribution in [0.2, 0.25) is 5.02 Å². The van der Waals surface area contributed by atoms with E-state index in [-0.39, 0.29) is 5.91 Å². The van der Waals surface area contributed by atoms with Gasteiger partial charge in [0, 0.05) is 11.7 Å². The number of rotatable bonds is 1. The average molecular weight is 337 g/mol. The molecule has 1 saturated carbocycles. The Morgan fingerprint density at radius 2 is 2.05 bits per heavy atom. The van der Waals surface area contributed by atoms with Gasteiger partial charge in [0.1, 0.15) is 11.1 Å². The van der Waals surface area contributed by atoms with Gasteiger partial charge in [-0.3, -0.25) is 14.3 Å². The second-order valence-electron chi connectivity index (χ2n) is 6.29.